The second-order valence-corrected chi connectivity index (χ2v) is 12.2. The maximum absolute atomic E-state index is 11.0. The van der Waals surface area contributed by atoms with Crippen LogP contribution in [0, 0.1) is 23.7 Å². The first kappa shape index (κ1) is 30.0. The summed E-state index contributed by atoms with van der Waals surface area (Å²) in [5.41, 5.74) is 11.7. The van der Waals surface area contributed by atoms with Gasteiger partial charge in [-0.1, -0.05) is 77.4 Å². The molecule has 2 aliphatic carbocycles. The van der Waals surface area contributed by atoms with Gasteiger partial charge in [0.25, 0.3) is 0 Å². The minimum atomic E-state index is -0.268. The lowest BCUT2D eigenvalue weighted by molar-refractivity contribution is 0.445. The van der Waals surface area contributed by atoms with Crippen LogP contribution in [0.1, 0.15) is 74.9 Å². The van der Waals surface area contributed by atoms with E-state index in [1.165, 1.54) is 0 Å². The first-order valence-corrected chi connectivity index (χ1v) is 14.0. The third-order valence-electron chi connectivity index (χ3n) is 6.59. The Balaban J connectivity index is 1.52. The molecule has 0 aliphatic heterocycles. The molecule has 4 rings (SSSR count). The molecule has 0 heterocycles. The van der Waals surface area contributed by atoms with Crippen molar-refractivity contribution in [2.45, 2.75) is 52.4 Å². The van der Waals surface area contributed by atoms with Gasteiger partial charge in [-0.25, -0.2) is 0 Å². The zero-order chi connectivity index (χ0) is 30.3. The fourth-order valence-electron chi connectivity index (χ4n) is 4.33. The zero-order valence-electron chi connectivity index (χ0n) is 25.1. The third kappa shape index (κ3) is 7.81. The molecule has 2 aromatic rings. The molecule has 0 fully saturated rings. The summed E-state index contributed by atoms with van der Waals surface area (Å²) < 4.78 is 0. The van der Waals surface area contributed by atoms with Crippen LogP contribution in [-0.2, 0) is 10.8 Å². The number of nitrogens with zero attached hydrogens (tertiary/aromatic N) is 2. The monoisotopic (exact) mass is 552 g/mol. The molecule has 42 heavy (non-hydrogen) atoms. The van der Waals surface area contributed by atoms with Crippen molar-refractivity contribution in [2.24, 2.45) is 9.98 Å². The summed E-state index contributed by atoms with van der Waals surface area (Å²) in [7, 11) is 0. The van der Waals surface area contributed by atoms with Gasteiger partial charge in [0.15, 0.2) is 0 Å². The molecule has 4 heteroatoms. The molecule has 0 unspecified atom stereocenters. The summed E-state index contributed by atoms with van der Waals surface area (Å²) in [4.78, 5) is 9.04. The molecule has 210 valence electrons. The Labute approximate surface area is 249 Å². The molecule has 0 saturated heterocycles. The van der Waals surface area contributed by atoms with Crippen molar-refractivity contribution in [3.63, 3.8) is 0 Å². The summed E-state index contributed by atoms with van der Waals surface area (Å²) in [5.74, 6) is 13.0. The SMILES string of the molecule is CC(C)(C)c1cc(C#CC2=C=CC=C2)cc(C=NCCN=Cc2cc(C#CC3=C=CC=C3)cc(C(C)(C)C)c2O)c1O. The van der Waals surface area contributed by atoms with E-state index in [9.17, 15) is 10.2 Å². The molecule has 0 aromatic heterocycles. The molecule has 4 nitrogen and oxygen atoms in total. The molecule has 2 aromatic carbocycles. The van der Waals surface area contributed by atoms with Crippen molar-refractivity contribution >= 4 is 12.4 Å². The van der Waals surface area contributed by atoms with Crippen LogP contribution in [0.5, 0.6) is 11.5 Å². The number of allylic oxidation sites excluding steroid dienone is 6. The number of aromatic hydroxyl groups is 2. The maximum atomic E-state index is 11.0. The Morgan fingerprint density at radius 1 is 0.643 bits per heavy atom. The van der Waals surface area contributed by atoms with Gasteiger partial charge >= 0.3 is 0 Å². The van der Waals surface area contributed by atoms with Gasteiger partial charge in [-0.2, -0.15) is 0 Å². The lowest BCUT2D eigenvalue weighted by Gasteiger charge is -2.22. The van der Waals surface area contributed by atoms with Gasteiger partial charge < -0.3 is 10.2 Å². The quantitative estimate of drug-likeness (QED) is 0.178. The van der Waals surface area contributed by atoms with Crippen molar-refractivity contribution in [3.05, 3.63) is 117 Å². The van der Waals surface area contributed by atoms with Gasteiger partial charge in [-0.15, -0.1) is 11.5 Å². The zero-order valence-corrected chi connectivity index (χ0v) is 25.1. The lowest BCUT2D eigenvalue weighted by atomic mass is 9.84. The van der Waals surface area contributed by atoms with E-state index in [-0.39, 0.29) is 22.3 Å². The third-order valence-corrected chi connectivity index (χ3v) is 6.59. The molecule has 0 bridgehead atoms. The van der Waals surface area contributed by atoms with Crippen molar-refractivity contribution in [1.82, 2.24) is 0 Å². The number of aliphatic imine (C=N–C) groups is 2. The Morgan fingerprint density at radius 3 is 1.38 bits per heavy atom. The van der Waals surface area contributed by atoms with E-state index in [2.05, 4.69) is 86.7 Å². The molecule has 0 spiro atoms. The second kappa shape index (κ2) is 12.7. The summed E-state index contributed by atoms with van der Waals surface area (Å²) in [6.45, 7) is 13.2. The molecule has 0 radical (unpaired) electrons. The number of rotatable bonds is 5. The molecular formula is C38H36N2O2. The first-order valence-electron chi connectivity index (χ1n) is 14.0. The van der Waals surface area contributed by atoms with Crippen molar-refractivity contribution in [3.8, 4) is 35.2 Å². The number of hydrogen-bond acceptors (Lipinski definition) is 4. The highest BCUT2D eigenvalue weighted by molar-refractivity contribution is 5.86. The average molecular weight is 553 g/mol. The van der Waals surface area contributed by atoms with E-state index in [4.69, 9.17) is 0 Å². The van der Waals surface area contributed by atoms with Crippen molar-refractivity contribution in [1.29, 1.82) is 0 Å². The van der Waals surface area contributed by atoms with Gasteiger partial charge in [-0.3, -0.25) is 9.98 Å². The highest BCUT2D eigenvalue weighted by Gasteiger charge is 2.22. The van der Waals surface area contributed by atoms with Crippen LogP contribution in [-0.4, -0.2) is 35.7 Å². The first-order chi connectivity index (χ1) is 19.9. The van der Waals surface area contributed by atoms with Crippen LogP contribution in [0.4, 0.5) is 0 Å². The van der Waals surface area contributed by atoms with Crippen LogP contribution in [0.15, 0.2) is 93.3 Å². The largest absolute Gasteiger partial charge is 0.507 e. The van der Waals surface area contributed by atoms with Crippen LogP contribution in [0.25, 0.3) is 0 Å². The van der Waals surface area contributed by atoms with Crippen molar-refractivity contribution in [2.75, 3.05) is 13.1 Å². The molecule has 2 aliphatic rings. The highest BCUT2D eigenvalue weighted by atomic mass is 16.3. The number of phenolic OH excluding ortho intramolecular Hbond substituents is 2. The van der Waals surface area contributed by atoms with E-state index < -0.39 is 0 Å². The highest BCUT2D eigenvalue weighted by Crippen LogP contribution is 2.35. The molecule has 2 N–H and O–H groups in total. The average Bonchev–Trinajstić information content (AvgIpc) is 3.64. The van der Waals surface area contributed by atoms with Gasteiger partial charge in [0.1, 0.15) is 11.5 Å². The van der Waals surface area contributed by atoms with E-state index >= 15 is 0 Å². The number of benzene rings is 2. The van der Waals surface area contributed by atoms with Crippen LogP contribution >= 0.6 is 0 Å². The Hall–Kier alpha value is -4.98. The minimum absolute atomic E-state index is 0.206. The summed E-state index contributed by atoms with van der Waals surface area (Å²) >= 11 is 0. The smallest absolute Gasteiger partial charge is 0.128 e. The van der Waals surface area contributed by atoms with E-state index in [0.29, 0.717) is 24.2 Å². The predicted molar refractivity (Wildman–Crippen MR) is 174 cm³/mol. The fourth-order valence-corrected chi connectivity index (χ4v) is 4.33. The number of hydrogen-bond donors (Lipinski definition) is 2. The Kier molecular flexibility index (Phi) is 9.06. The Morgan fingerprint density at radius 2 is 1.05 bits per heavy atom. The standard InChI is InChI=1S/C38H36N2O2/c1-37(2,3)33-23-29(17-15-27-11-7-8-12-27)21-31(35(33)41)25-39-19-20-40-26-32-22-30(18-16-28-13-9-10-14-28)24-34(36(32)42)38(4,5)6/h7-11,13,21-26,41-42H,19-20H2,1-6H3. The van der Waals surface area contributed by atoms with E-state index in [0.717, 1.165) is 33.4 Å². The van der Waals surface area contributed by atoms with E-state index in [1.807, 2.05) is 60.7 Å². The van der Waals surface area contributed by atoms with Crippen molar-refractivity contribution < 1.29 is 10.2 Å². The van der Waals surface area contributed by atoms with E-state index in [1.54, 1.807) is 12.4 Å². The minimum Gasteiger partial charge on any atom is -0.507 e. The molecule has 0 atom stereocenters. The Bertz CT molecular complexity index is 1640. The summed E-state index contributed by atoms with van der Waals surface area (Å²) in [6.07, 6.45) is 14.7. The topological polar surface area (TPSA) is 65.2 Å². The summed E-state index contributed by atoms with van der Waals surface area (Å²) in [5, 5.41) is 22.0. The van der Waals surface area contributed by atoms with Gasteiger partial charge in [0, 0.05) is 45.8 Å². The maximum Gasteiger partial charge on any atom is 0.128 e. The second-order valence-electron chi connectivity index (χ2n) is 12.2. The predicted octanol–water partition coefficient (Wildman–Crippen LogP) is 7.24. The van der Waals surface area contributed by atoms with Gasteiger partial charge in [-0.05, 0) is 59.4 Å². The van der Waals surface area contributed by atoms with Crippen LogP contribution in [0.2, 0.25) is 0 Å². The van der Waals surface area contributed by atoms with Gasteiger partial charge in [0.05, 0.1) is 24.2 Å². The number of phenols is 2. The molecule has 0 saturated carbocycles. The lowest BCUT2D eigenvalue weighted by Crippen LogP contribution is -2.12. The molecular weight excluding hydrogens is 516 g/mol. The fraction of sp³-hybridized carbons (Fsp3) is 0.263. The van der Waals surface area contributed by atoms with Crippen LogP contribution in [0.3, 0.4) is 0 Å². The van der Waals surface area contributed by atoms with Crippen LogP contribution < -0.4 is 0 Å². The molecule has 0 amide bonds. The summed E-state index contributed by atoms with van der Waals surface area (Å²) in [6, 6.07) is 7.56. The van der Waals surface area contributed by atoms with Gasteiger partial charge in [0.2, 0.25) is 0 Å². The normalized spacial score (nSPS) is 13.9.